The van der Waals surface area contributed by atoms with Crippen molar-refractivity contribution in [2.75, 3.05) is 0 Å². The summed E-state index contributed by atoms with van der Waals surface area (Å²) in [5, 5.41) is 0. The van der Waals surface area contributed by atoms with Gasteiger partial charge in [0.2, 0.25) is 0 Å². The number of Topliss-reactive ketones (excluding diaryl/α,β-unsaturated/α-hetero) is 1. The zero-order chi connectivity index (χ0) is 13.2. The van der Waals surface area contributed by atoms with Gasteiger partial charge in [0.1, 0.15) is 0 Å². The fourth-order valence-electron chi connectivity index (χ4n) is 1.91. The second-order valence-electron chi connectivity index (χ2n) is 4.44. The summed E-state index contributed by atoms with van der Waals surface area (Å²) in [6.45, 7) is 11.6. The third-order valence-electron chi connectivity index (χ3n) is 2.64. The zero-order valence-corrected chi connectivity index (χ0v) is 11.5. The number of nitrogens with zero attached hydrogens (tertiary/aromatic N) is 1. The second-order valence-corrected chi connectivity index (χ2v) is 4.69. The van der Waals surface area contributed by atoms with Crippen LogP contribution in [0.1, 0.15) is 55.4 Å². The molecule has 1 aromatic heterocycles. The fourth-order valence-corrected chi connectivity index (χ4v) is 2.04. The van der Waals surface area contributed by atoms with Crippen LogP contribution in [0.5, 0.6) is 0 Å². The molecule has 1 aromatic rings. The van der Waals surface area contributed by atoms with Crippen molar-refractivity contribution in [3.8, 4) is 0 Å². The van der Waals surface area contributed by atoms with Gasteiger partial charge in [-0.2, -0.15) is 0 Å². The molecule has 0 amide bonds. The van der Waals surface area contributed by atoms with Gasteiger partial charge in [-0.05, 0) is 39.3 Å². The third kappa shape index (κ3) is 2.70. The van der Waals surface area contributed by atoms with Gasteiger partial charge in [0.05, 0.1) is 5.69 Å². The average molecular weight is 252 g/mol. The van der Waals surface area contributed by atoms with Crippen LogP contribution in [0.4, 0.5) is 0 Å². The molecule has 1 rings (SSSR count). The summed E-state index contributed by atoms with van der Waals surface area (Å²) in [7, 11) is 0. The molecule has 0 spiro atoms. The van der Waals surface area contributed by atoms with Crippen molar-refractivity contribution in [3.05, 3.63) is 35.1 Å². The number of hydrogen-bond donors (Lipinski definition) is 0. The van der Waals surface area contributed by atoms with Crippen LogP contribution in [0.25, 0.3) is 11.6 Å². The minimum Gasteiger partial charge on any atom is -0.344 e. The summed E-state index contributed by atoms with van der Waals surface area (Å²) in [6.07, 6.45) is 3.63. The molecular formula is C14H18ClNO. The third-order valence-corrected chi connectivity index (χ3v) is 2.77. The molecule has 0 fully saturated rings. The van der Waals surface area contributed by atoms with E-state index in [1.807, 2.05) is 13.1 Å². The van der Waals surface area contributed by atoms with Gasteiger partial charge in [-0.3, -0.25) is 4.79 Å². The highest BCUT2D eigenvalue weighted by molar-refractivity contribution is 6.27. The molecule has 0 atom stereocenters. The first-order chi connectivity index (χ1) is 7.90. The molecule has 0 aliphatic heterocycles. The Balaban J connectivity index is 3.60. The molecule has 0 aliphatic carbocycles. The summed E-state index contributed by atoms with van der Waals surface area (Å²) < 4.78 is 2.06. The van der Waals surface area contributed by atoms with Crippen LogP contribution in [0, 0.1) is 0 Å². The van der Waals surface area contributed by atoms with Crippen LogP contribution in [0.15, 0.2) is 18.3 Å². The van der Waals surface area contributed by atoms with E-state index in [1.165, 1.54) is 5.54 Å². The summed E-state index contributed by atoms with van der Waals surface area (Å²) in [6, 6.07) is 0.275. The van der Waals surface area contributed by atoms with Crippen LogP contribution < -0.4 is 0 Å². The first-order valence-electron chi connectivity index (χ1n) is 5.58. The number of allylic oxidation sites excluding steroid dienone is 1. The van der Waals surface area contributed by atoms with Crippen molar-refractivity contribution in [3.63, 3.8) is 0 Å². The molecule has 3 heteroatoms. The molecule has 0 bridgehead atoms. The quantitative estimate of drug-likeness (QED) is 0.722. The second kappa shape index (κ2) is 5.37. The number of halogens is 1. The number of ketones is 1. The summed E-state index contributed by atoms with van der Waals surface area (Å²) in [5.41, 5.74) is 4.87. The molecular weight excluding hydrogens is 234 g/mol. The highest BCUT2D eigenvalue weighted by Crippen LogP contribution is 2.28. The smallest absolute Gasteiger partial charge is 0.161 e. The Hall–Kier alpha value is -1.28. The molecule has 0 N–H and O–H groups in total. The Bertz CT molecular complexity index is 481. The van der Waals surface area contributed by atoms with Gasteiger partial charge >= 0.3 is 0 Å². The van der Waals surface area contributed by atoms with Crippen LogP contribution in [0.2, 0.25) is 0 Å². The van der Waals surface area contributed by atoms with Gasteiger partial charge in [0, 0.05) is 28.9 Å². The Morgan fingerprint density at radius 2 is 2.06 bits per heavy atom. The first kappa shape index (κ1) is 13.8. The maximum absolute atomic E-state index is 11.6. The standard InChI is InChI=1S/C14H18ClNO/c1-9(2)14-12(6-7-15)13(11(5)17)8-16(14)10(3)4/h6-8,10H,1H2,2-5H3/b7-6+. The first-order valence-corrected chi connectivity index (χ1v) is 6.02. The lowest BCUT2D eigenvalue weighted by atomic mass is 10.0. The fraction of sp³-hybridized carbons (Fsp3) is 0.357. The van der Waals surface area contributed by atoms with Gasteiger partial charge in [-0.25, -0.2) is 0 Å². The van der Waals surface area contributed by atoms with E-state index in [2.05, 4.69) is 25.0 Å². The monoisotopic (exact) mass is 251 g/mol. The molecule has 92 valence electrons. The van der Waals surface area contributed by atoms with Gasteiger partial charge in [-0.15, -0.1) is 0 Å². The summed E-state index contributed by atoms with van der Waals surface area (Å²) >= 11 is 5.65. The Labute approximate surface area is 108 Å². The minimum absolute atomic E-state index is 0.0386. The van der Waals surface area contributed by atoms with Crippen molar-refractivity contribution in [1.82, 2.24) is 4.57 Å². The number of carbonyl (C=O) groups excluding carboxylic acids is 1. The molecule has 17 heavy (non-hydrogen) atoms. The van der Waals surface area contributed by atoms with E-state index < -0.39 is 0 Å². The lowest BCUT2D eigenvalue weighted by molar-refractivity contribution is 0.101. The topological polar surface area (TPSA) is 22.0 Å². The molecule has 0 saturated carbocycles. The SMILES string of the molecule is C=C(C)c1c(/C=C/Cl)c(C(C)=O)cn1C(C)C. The predicted molar refractivity (Wildman–Crippen MR) is 74.4 cm³/mol. The summed E-state index contributed by atoms with van der Waals surface area (Å²) in [5.74, 6) is 0.0386. The van der Waals surface area contributed by atoms with Crippen molar-refractivity contribution in [2.24, 2.45) is 0 Å². The van der Waals surface area contributed by atoms with Crippen LogP contribution in [-0.2, 0) is 0 Å². The van der Waals surface area contributed by atoms with E-state index in [4.69, 9.17) is 11.6 Å². The lowest BCUT2D eigenvalue weighted by Crippen LogP contribution is -2.03. The molecule has 1 heterocycles. The Morgan fingerprint density at radius 1 is 1.47 bits per heavy atom. The largest absolute Gasteiger partial charge is 0.344 e. The van der Waals surface area contributed by atoms with Crippen LogP contribution in [0.3, 0.4) is 0 Å². The maximum atomic E-state index is 11.6. The number of carbonyl (C=O) groups is 1. The van der Waals surface area contributed by atoms with Crippen molar-refractivity contribution < 1.29 is 4.79 Å². The highest BCUT2D eigenvalue weighted by Gasteiger charge is 2.18. The number of hydrogen-bond acceptors (Lipinski definition) is 1. The van der Waals surface area contributed by atoms with Crippen LogP contribution >= 0.6 is 11.6 Å². The molecule has 0 aromatic carbocycles. The van der Waals surface area contributed by atoms with E-state index in [1.54, 1.807) is 13.0 Å². The zero-order valence-electron chi connectivity index (χ0n) is 10.7. The van der Waals surface area contributed by atoms with Crippen LogP contribution in [-0.4, -0.2) is 10.4 Å². The molecule has 2 nitrogen and oxygen atoms in total. The molecule has 0 radical (unpaired) electrons. The van der Waals surface area contributed by atoms with E-state index in [9.17, 15) is 4.79 Å². The maximum Gasteiger partial charge on any atom is 0.161 e. The predicted octanol–water partition coefficient (Wildman–Crippen LogP) is 4.51. The number of rotatable bonds is 4. The highest BCUT2D eigenvalue weighted by atomic mass is 35.5. The lowest BCUT2D eigenvalue weighted by Gasteiger charge is -2.13. The van der Waals surface area contributed by atoms with Crippen molar-refractivity contribution >= 4 is 29.0 Å². The van der Waals surface area contributed by atoms with E-state index in [0.717, 1.165) is 16.8 Å². The number of aromatic nitrogens is 1. The average Bonchev–Trinajstić information content (AvgIpc) is 2.57. The Morgan fingerprint density at radius 3 is 2.41 bits per heavy atom. The van der Waals surface area contributed by atoms with Gasteiger partial charge in [0.25, 0.3) is 0 Å². The van der Waals surface area contributed by atoms with E-state index >= 15 is 0 Å². The van der Waals surface area contributed by atoms with Gasteiger partial charge in [0.15, 0.2) is 5.78 Å². The van der Waals surface area contributed by atoms with Gasteiger partial charge < -0.3 is 4.57 Å². The van der Waals surface area contributed by atoms with Gasteiger partial charge in [-0.1, -0.05) is 18.2 Å². The summed E-state index contributed by atoms with van der Waals surface area (Å²) in [4.78, 5) is 11.6. The molecule has 0 aliphatic rings. The minimum atomic E-state index is 0.0386. The normalized spacial score (nSPS) is 11.4. The molecule has 0 saturated heterocycles. The van der Waals surface area contributed by atoms with E-state index in [0.29, 0.717) is 5.56 Å². The molecule has 0 unspecified atom stereocenters. The van der Waals surface area contributed by atoms with E-state index in [-0.39, 0.29) is 11.8 Å². The van der Waals surface area contributed by atoms with Crippen molar-refractivity contribution in [1.29, 1.82) is 0 Å². The van der Waals surface area contributed by atoms with Crippen molar-refractivity contribution in [2.45, 2.75) is 33.7 Å². The Kier molecular flexibility index (Phi) is 4.35.